The van der Waals surface area contributed by atoms with Gasteiger partial charge in [-0.1, -0.05) is 248 Å². The first-order valence-electron chi connectivity index (χ1n) is 30.4. The fourth-order valence-corrected chi connectivity index (χ4v) is 9.25. The Morgan fingerprint density at radius 3 is 1.29 bits per heavy atom. The number of esters is 1. The Labute approximate surface area is 443 Å². The minimum absolute atomic E-state index is 0.115. The van der Waals surface area contributed by atoms with Crippen LogP contribution in [0.3, 0.4) is 0 Å². The number of allylic oxidation sites excluding steroid dienone is 10. The van der Waals surface area contributed by atoms with E-state index in [1.807, 2.05) is 0 Å². The van der Waals surface area contributed by atoms with E-state index in [0.717, 1.165) is 64.2 Å². The standard InChI is InChI=1S/C63H114O9/c1-3-5-7-9-11-13-15-17-19-21-23-25-27-28-29-31-33-35-37-39-41-43-45-47-49-51-53-69-55-57(56-70-63-62(68)61(67)60(66)58(54-64)72-63)71-59(65)52-50-48-46-44-42-40-38-36-34-32-30-26-24-22-20-18-16-14-12-10-8-6-4-2/h6,8,12,14,18,20-21,23-24,26,57-58,60-64,66-68H,3-5,7,9-11,13,15-17,19,22,25,27-56H2,1-2H3/b8-6-,14-12-,20-18-,23-21-,26-24-. The highest BCUT2D eigenvalue weighted by Crippen LogP contribution is 2.23. The molecule has 0 aromatic carbocycles. The summed E-state index contributed by atoms with van der Waals surface area (Å²) in [5.41, 5.74) is 0. The maximum atomic E-state index is 12.9. The molecule has 1 aliphatic rings. The molecule has 9 nitrogen and oxygen atoms in total. The van der Waals surface area contributed by atoms with E-state index in [1.165, 1.54) is 186 Å². The molecule has 420 valence electrons. The molecule has 0 radical (unpaired) electrons. The normalized spacial score (nSPS) is 19.1. The number of hydrogen-bond acceptors (Lipinski definition) is 9. The Morgan fingerprint density at radius 2 is 0.847 bits per heavy atom. The van der Waals surface area contributed by atoms with Gasteiger partial charge in [0.15, 0.2) is 6.29 Å². The molecule has 0 aliphatic carbocycles. The summed E-state index contributed by atoms with van der Waals surface area (Å²) in [4.78, 5) is 12.9. The monoisotopic (exact) mass is 1010 g/mol. The smallest absolute Gasteiger partial charge is 0.306 e. The Hall–Kier alpha value is -2.11. The van der Waals surface area contributed by atoms with Crippen molar-refractivity contribution in [2.75, 3.05) is 26.4 Å². The van der Waals surface area contributed by atoms with Crippen LogP contribution < -0.4 is 0 Å². The van der Waals surface area contributed by atoms with Crippen molar-refractivity contribution in [1.29, 1.82) is 0 Å². The summed E-state index contributed by atoms with van der Waals surface area (Å²) in [5.74, 6) is -0.315. The van der Waals surface area contributed by atoms with Crippen molar-refractivity contribution >= 4 is 5.97 Å². The van der Waals surface area contributed by atoms with Gasteiger partial charge >= 0.3 is 5.97 Å². The fraction of sp³-hybridized carbons (Fsp3) is 0.825. The van der Waals surface area contributed by atoms with E-state index >= 15 is 0 Å². The summed E-state index contributed by atoms with van der Waals surface area (Å²) in [6, 6.07) is 0. The van der Waals surface area contributed by atoms with Gasteiger partial charge in [-0.05, 0) is 77.0 Å². The predicted molar refractivity (Wildman–Crippen MR) is 302 cm³/mol. The molecular weight excluding hydrogens is 901 g/mol. The molecule has 6 atom stereocenters. The second kappa shape index (κ2) is 53.7. The zero-order valence-corrected chi connectivity index (χ0v) is 46.7. The van der Waals surface area contributed by atoms with Gasteiger partial charge in [-0.25, -0.2) is 0 Å². The average Bonchev–Trinajstić information content (AvgIpc) is 3.38. The van der Waals surface area contributed by atoms with Gasteiger partial charge in [-0.15, -0.1) is 0 Å². The van der Waals surface area contributed by atoms with Crippen molar-refractivity contribution < 1.29 is 44.2 Å². The third-order valence-electron chi connectivity index (χ3n) is 13.9. The minimum atomic E-state index is -1.54. The van der Waals surface area contributed by atoms with Crippen LogP contribution in [0.5, 0.6) is 0 Å². The van der Waals surface area contributed by atoms with Crippen molar-refractivity contribution in [2.24, 2.45) is 0 Å². The van der Waals surface area contributed by atoms with Crippen LogP contribution in [0.4, 0.5) is 0 Å². The number of ether oxygens (including phenoxy) is 4. The lowest BCUT2D eigenvalue weighted by Crippen LogP contribution is -2.59. The second-order valence-electron chi connectivity index (χ2n) is 20.8. The number of hydrogen-bond donors (Lipinski definition) is 4. The SMILES string of the molecule is CC/C=C\C/C=C\C/C=C\C/C=C\CCCCCCCCCCCCC(=O)OC(COCCCCCCCCCCCCCCCC/C=C\CCCCCCCCCC)COC1OC(CO)C(O)C(O)C1O. The summed E-state index contributed by atoms with van der Waals surface area (Å²) in [7, 11) is 0. The van der Waals surface area contributed by atoms with Gasteiger partial charge in [0.1, 0.15) is 30.5 Å². The van der Waals surface area contributed by atoms with Gasteiger partial charge in [-0.3, -0.25) is 4.79 Å². The molecular formula is C63H114O9. The molecule has 1 fully saturated rings. The van der Waals surface area contributed by atoms with Crippen molar-refractivity contribution in [3.63, 3.8) is 0 Å². The van der Waals surface area contributed by atoms with Gasteiger partial charge in [0, 0.05) is 13.0 Å². The summed E-state index contributed by atoms with van der Waals surface area (Å²) in [5, 5.41) is 40.4. The average molecular weight is 1020 g/mol. The molecule has 1 aliphatic heterocycles. The van der Waals surface area contributed by atoms with Crippen LogP contribution in [0.1, 0.15) is 271 Å². The van der Waals surface area contributed by atoms with Gasteiger partial charge < -0.3 is 39.4 Å². The third-order valence-corrected chi connectivity index (χ3v) is 13.9. The topological polar surface area (TPSA) is 135 Å². The molecule has 0 aromatic heterocycles. The number of aliphatic hydroxyl groups is 4. The van der Waals surface area contributed by atoms with Crippen LogP contribution in [0, 0.1) is 0 Å². The van der Waals surface area contributed by atoms with Crippen LogP contribution in [0.15, 0.2) is 60.8 Å². The van der Waals surface area contributed by atoms with Gasteiger partial charge in [0.25, 0.3) is 0 Å². The van der Waals surface area contributed by atoms with Crippen molar-refractivity contribution in [3.8, 4) is 0 Å². The minimum Gasteiger partial charge on any atom is -0.457 e. The van der Waals surface area contributed by atoms with Gasteiger partial charge in [0.05, 0.1) is 19.8 Å². The Kier molecular flexibility index (Phi) is 50.7. The van der Waals surface area contributed by atoms with Crippen molar-refractivity contribution in [3.05, 3.63) is 60.8 Å². The van der Waals surface area contributed by atoms with E-state index in [2.05, 4.69) is 74.6 Å². The van der Waals surface area contributed by atoms with Gasteiger partial charge in [-0.2, -0.15) is 0 Å². The van der Waals surface area contributed by atoms with Crippen LogP contribution in [-0.2, 0) is 23.7 Å². The lowest BCUT2D eigenvalue weighted by atomic mass is 9.99. The van der Waals surface area contributed by atoms with Crippen LogP contribution >= 0.6 is 0 Å². The lowest BCUT2D eigenvalue weighted by molar-refractivity contribution is -0.305. The first kappa shape index (κ1) is 67.9. The van der Waals surface area contributed by atoms with Crippen LogP contribution in [0.25, 0.3) is 0 Å². The van der Waals surface area contributed by atoms with E-state index in [9.17, 15) is 25.2 Å². The maximum Gasteiger partial charge on any atom is 0.306 e. The molecule has 0 spiro atoms. The molecule has 1 heterocycles. The zero-order valence-electron chi connectivity index (χ0n) is 46.7. The number of carbonyl (C=O) groups is 1. The molecule has 1 saturated heterocycles. The zero-order chi connectivity index (χ0) is 52.1. The number of aliphatic hydroxyl groups excluding tert-OH is 4. The number of rotatable bonds is 53. The Balaban J connectivity index is 2.13. The highest BCUT2D eigenvalue weighted by atomic mass is 16.7. The molecule has 1 rings (SSSR count). The highest BCUT2D eigenvalue weighted by Gasteiger charge is 2.44. The predicted octanol–water partition coefficient (Wildman–Crippen LogP) is 16.2. The quantitative estimate of drug-likeness (QED) is 0.0267. The van der Waals surface area contributed by atoms with Crippen LogP contribution in [0.2, 0.25) is 0 Å². The molecule has 9 heteroatoms. The van der Waals surface area contributed by atoms with Crippen molar-refractivity contribution in [2.45, 2.75) is 307 Å². The van der Waals surface area contributed by atoms with E-state index < -0.39 is 43.4 Å². The molecule has 0 amide bonds. The lowest BCUT2D eigenvalue weighted by Gasteiger charge is -2.39. The number of carbonyl (C=O) groups excluding carboxylic acids is 1. The number of unbranched alkanes of at least 4 members (excludes halogenated alkanes) is 32. The summed E-state index contributed by atoms with van der Waals surface area (Å²) < 4.78 is 23.0. The molecule has 0 bridgehead atoms. The molecule has 72 heavy (non-hydrogen) atoms. The maximum absolute atomic E-state index is 12.9. The van der Waals surface area contributed by atoms with Gasteiger partial charge in [0.2, 0.25) is 0 Å². The second-order valence-corrected chi connectivity index (χ2v) is 20.8. The first-order chi connectivity index (χ1) is 35.4. The molecule has 0 aromatic rings. The highest BCUT2D eigenvalue weighted by molar-refractivity contribution is 5.69. The van der Waals surface area contributed by atoms with Crippen molar-refractivity contribution in [1.82, 2.24) is 0 Å². The van der Waals surface area contributed by atoms with E-state index in [-0.39, 0.29) is 19.2 Å². The molecule has 0 saturated carbocycles. The summed E-state index contributed by atoms with van der Waals surface area (Å²) in [6.07, 6.45) is 64.2. The largest absolute Gasteiger partial charge is 0.457 e. The van der Waals surface area contributed by atoms with E-state index in [0.29, 0.717) is 13.0 Å². The Morgan fingerprint density at radius 1 is 0.458 bits per heavy atom. The first-order valence-corrected chi connectivity index (χ1v) is 30.4. The summed E-state index contributed by atoms with van der Waals surface area (Å²) in [6.45, 7) is 4.48. The third kappa shape index (κ3) is 43.2. The molecule has 4 N–H and O–H groups in total. The molecule has 6 unspecified atom stereocenters. The Bertz CT molecular complexity index is 1290. The van der Waals surface area contributed by atoms with Crippen LogP contribution in [-0.4, -0.2) is 89.6 Å². The van der Waals surface area contributed by atoms with E-state index in [4.69, 9.17) is 18.9 Å². The fourth-order valence-electron chi connectivity index (χ4n) is 9.25. The van der Waals surface area contributed by atoms with E-state index in [1.54, 1.807) is 0 Å². The summed E-state index contributed by atoms with van der Waals surface area (Å²) >= 11 is 0.